The summed E-state index contributed by atoms with van der Waals surface area (Å²) in [5.41, 5.74) is 3.90. The molecule has 1 heterocycles. The molecule has 5 heteroatoms. The van der Waals surface area contributed by atoms with Crippen molar-refractivity contribution in [2.24, 2.45) is 0 Å². The molecule has 0 saturated carbocycles. The zero-order valence-electron chi connectivity index (χ0n) is 9.86. The van der Waals surface area contributed by atoms with Gasteiger partial charge in [-0.15, -0.1) is 5.10 Å². The van der Waals surface area contributed by atoms with Crippen LogP contribution in [0.15, 0.2) is 18.2 Å². The molecule has 0 N–H and O–H groups in total. The number of carbonyl (C=O) groups excluding carboxylic acids is 1. The van der Waals surface area contributed by atoms with Gasteiger partial charge in [-0.1, -0.05) is 6.07 Å². The van der Waals surface area contributed by atoms with Crippen LogP contribution in [0.1, 0.15) is 27.3 Å². The number of aromatic nitrogens is 3. The summed E-state index contributed by atoms with van der Waals surface area (Å²) in [5.74, 6) is 0. The highest BCUT2D eigenvalue weighted by Gasteiger charge is 2.14. The molecule has 17 heavy (non-hydrogen) atoms. The quantitative estimate of drug-likeness (QED) is 0.769. The van der Waals surface area contributed by atoms with Crippen molar-refractivity contribution in [1.82, 2.24) is 15.0 Å². The van der Waals surface area contributed by atoms with Gasteiger partial charge in [0, 0.05) is 0 Å². The summed E-state index contributed by atoms with van der Waals surface area (Å²) in [7, 11) is 0. The maximum atomic E-state index is 11.1. The molecular weight excluding hydrogens is 238 g/mol. The third-order valence-electron chi connectivity index (χ3n) is 2.69. The van der Waals surface area contributed by atoms with Crippen LogP contribution in [-0.4, -0.2) is 20.2 Å². The first-order valence-electron chi connectivity index (χ1n) is 5.20. The van der Waals surface area contributed by atoms with Crippen molar-refractivity contribution in [3.63, 3.8) is 0 Å². The Labute approximate surface area is 104 Å². The molecule has 0 atom stereocenters. The Morgan fingerprint density at radius 1 is 1.18 bits per heavy atom. The van der Waals surface area contributed by atoms with Crippen LogP contribution in [0, 0.1) is 20.8 Å². The Morgan fingerprint density at radius 2 is 1.88 bits per heavy atom. The molecule has 0 saturated heterocycles. The minimum atomic E-state index is -0.586. The fourth-order valence-corrected chi connectivity index (χ4v) is 1.70. The van der Waals surface area contributed by atoms with E-state index < -0.39 is 5.24 Å². The van der Waals surface area contributed by atoms with Gasteiger partial charge in [0.15, 0.2) is 5.69 Å². The lowest BCUT2D eigenvalue weighted by atomic mass is 10.1. The second-order valence-corrected chi connectivity index (χ2v) is 4.31. The van der Waals surface area contributed by atoms with E-state index >= 15 is 0 Å². The zero-order chi connectivity index (χ0) is 12.6. The average Bonchev–Trinajstić information content (AvgIpc) is 2.64. The molecule has 0 aliphatic rings. The van der Waals surface area contributed by atoms with E-state index in [1.807, 2.05) is 32.0 Å². The van der Waals surface area contributed by atoms with Gasteiger partial charge in [-0.3, -0.25) is 4.79 Å². The maximum Gasteiger partial charge on any atom is 0.274 e. The van der Waals surface area contributed by atoms with Gasteiger partial charge in [0.2, 0.25) is 0 Å². The van der Waals surface area contributed by atoms with Gasteiger partial charge in [-0.05, 0) is 55.6 Å². The number of hydrogen-bond donors (Lipinski definition) is 0. The lowest BCUT2D eigenvalue weighted by molar-refractivity contribution is 0.107. The minimum absolute atomic E-state index is 0.199. The molecule has 0 fully saturated rings. The van der Waals surface area contributed by atoms with Crippen LogP contribution in [0.3, 0.4) is 0 Å². The minimum Gasteiger partial charge on any atom is -0.274 e. The fraction of sp³-hybridized carbons (Fsp3) is 0.250. The molecule has 0 spiro atoms. The summed E-state index contributed by atoms with van der Waals surface area (Å²) in [5, 5.41) is 7.66. The summed E-state index contributed by atoms with van der Waals surface area (Å²) < 4.78 is 0. The molecule has 1 aromatic heterocycles. The van der Waals surface area contributed by atoms with Gasteiger partial charge < -0.3 is 0 Å². The van der Waals surface area contributed by atoms with Crippen LogP contribution in [0.25, 0.3) is 5.69 Å². The van der Waals surface area contributed by atoms with E-state index in [-0.39, 0.29) is 5.69 Å². The third-order valence-corrected chi connectivity index (χ3v) is 2.87. The van der Waals surface area contributed by atoms with Gasteiger partial charge in [-0.25, -0.2) is 0 Å². The smallest absolute Gasteiger partial charge is 0.274 e. The lowest BCUT2D eigenvalue weighted by Crippen LogP contribution is -2.01. The molecule has 2 rings (SSSR count). The summed E-state index contributed by atoms with van der Waals surface area (Å²) in [6.45, 7) is 5.76. The second-order valence-electron chi connectivity index (χ2n) is 3.97. The number of aryl methyl sites for hydroxylation is 3. The molecule has 88 valence electrons. The molecule has 0 amide bonds. The molecule has 0 bridgehead atoms. The van der Waals surface area contributed by atoms with Gasteiger partial charge in [-0.2, -0.15) is 9.90 Å². The van der Waals surface area contributed by atoms with Crippen LogP contribution < -0.4 is 0 Å². The third kappa shape index (κ3) is 2.22. The van der Waals surface area contributed by atoms with Gasteiger partial charge in [0.25, 0.3) is 5.24 Å². The van der Waals surface area contributed by atoms with Crippen LogP contribution >= 0.6 is 11.6 Å². The largest absolute Gasteiger partial charge is 0.274 e. The SMILES string of the molecule is Cc1ccc(-n2nc(C)c(C(=O)Cl)n2)cc1C. The number of nitrogens with zero attached hydrogens (tertiary/aromatic N) is 3. The van der Waals surface area contributed by atoms with Crippen molar-refractivity contribution >= 4 is 16.8 Å². The number of carbonyl (C=O) groups is 1. The molecule has 4 nitrogen and oxygen atoms in total. The van der Waals surface area contributed by atoms with Crippen molar-refractivity contribution < 1.29 is 4.79 Å². The van der Waals surface area contributed by atoms with E-state index in [9.17, 15) is 4.79 Å². The molecule has 0 unspecified atom stereocenters. The van der Waals surface area contributed by atoms with Crippen LogP contribution in [-0.2, 0) is 0 Å². The van der Waals surface area contributed by atoms with E-state index in [1.54, 1.807) is 6.92 Å². The standard InChI is InChI=1S/C12H12ClN3O/c1-7-4-5-10(6-8(7)2)16-14-9(3)11(15-16)12(13)17/h4-6H,1-3H3. The Bertz CT molecular complexity index is 589. The summed E-state index contributed by atoms with van der Waals surface area (Å²) in [6.07, 6.45) is 0. The highest BCUT2D eigenvalue weighted by atomic mass is 35.5. The van der Waals surface area contributed by atoms with E-state index in [0.29, 0.717) is 5.69 Å². The summed E-state index contributed by atoms with van der Waals surface area (Å²) in [4.78, 5) is 12.5. The van der Waals surface area contributed by atoms with Gasteiger partial charge >= 0.3 is 0 Å². The summed E-state index contributed by atoms with van der Waals surface area (Å²) in [6, 6.07) is 5.87. The van der Waals surface area contributed by atoms with Crippen molar-refractivity contribution in [2.45, 2.75) is 20.8 Å². The Kier molecular flexibility index (Phi) is 2.98. The fourth-order valence-electron chi connectivity index (χ4n) is 1.53. The molecule has 1 aromatic carbocycles. The number of halogens is 1. The van der Waals surface area contributed by atoms with E-state index in [4.69, 9.17) is 11.6 Å². The Morgan fingerprint density at radius 3 is 2.41 bits per heavy atom. The predicted octanol–water partition coefficient (Wildman–Crippen LogP) is 2.57. The highest BCUT2D eigenvalue weighted by molar-refractivity contribution is 6.67. The topological polar surface area (TPSA) is 47.8 Å². The first-order chi connectivity index (χ1) is 7.99. The van der Waals surface area contributed by atoms with E-state index in [1.165, 1.54) is 10.4 Å². The molecule has 0 aliphatic carbocycles. The lowest BCUT2D eigenvalue weighted by Gasteiger charge is -2.03. The molecule has 2 aromatic rings. The van der Waals surface area contributed by atoms with E-state index in [0.717, 1.165) is 11.3 Å². The number of rotatable bonds is 2. The van der Waals surface area contributed by atoms with Crippen LogP contribution in [0.2, 0.25) is 0 Å². The molecule has 0 aliphatic heterocycles. The van der Waals surface area contributed by atoms with Crippen molar-refractivity contribution in [2.75, 3.05) is 0 Å². The Balaban J connectivity index is 2.50. The normalized spacial score (nSPS) is 10.6. The van der Waals surface area contributed by atoms with Crippen molar-refractivity contribution in [3.8, 4) is 5.69 Å². The monoisotopic (exact) mass is 249 g/mol. The predicted molar refractivity (Wildman–Crippen MR) is 65.8 cm³/mol. The number of hydrogen-bond acceptors (Lipinski definition) is 3. The van der Waals surface area contributed by atoms with Crippen LogP contribution in [0.4, 0.5) is 0 Å². The van der Waals surface area contributed by atoms with Crippen molar-refractivity contribution in [1.29, 1.82) is 0 Å². The highest BCUT2D eigenvalue weighted by Crippen LogP contribution is 2.14. The number of benzene rings is 1. The van der Waals surface area contributed by atoms with Crippen LogP contribution in [0.5, 0.6) is 0 Å². The van der Waals surface area contributed by atoms with E-state index in [2.05, 4.69) is 10.2 Å². The van der Waals surface area contributed by atoms with Crippen molar-refractivity contribution in [3.05, 3.63) is 40.7 Å². The Hall–Kier alpha value is -1.68. The first kappa shape index (κ1) is 11.8. The molecule has 0 radical (unpaired) electrons. The second kappa shape index (κ2) is 4.30. The average molecular weight is 250 g/mol. The zero-order valence-corrected chi connectivity index (χ0v) is 10.6. The van der Waals surface area contributed by atoms with Gasteiger partial charge in [0.1, 0.15) is 0 Å². The molecular formula is C12H12ClN3O. The maximum absolute atomic E-state index is 11.1. The summed E-state index contributed by atoms with van der Waals surface area (Å²) >= 11 is 5.41. The first-order valence-corrected chi connectivity index (χ1v) is 5.58. The van der Waals surface area contributed by atoms with Gasteiger partial charge in [0.05, 0.1) is 11.4 Å².